The maximum atomic E-state index is 12.4. The maximum Gasteiger partial charge on any atom is 0.251 e. The van der Waals surface area contributed by atoms with E-state index in [1.807, 2.05) is 48.5 Å². The normalized spacial score (nSPS) is 14.0. The van der Waals surface area contributed by atoms with Crippen LogP contribution in [0.15, 0.2) is 60.7 Å². The molecule has 0 heterocycles. The van der Waals surface area contributed by atoms with Gasteiger partial charge in [-0.2, -0.15) is 0 Å². The van der Waals surface area contributed by atoms with Crippen LogP contribution in [0.2, 0.25) is 0 Å². The lowest BCUT2D eigenvalue weighted by Gasteiger charge is -2.44. The molecule has 3 heteroatoms. The second-order valence-electron chi connectivity index (χ2n) is 7.16. The number of amides is 1. The summed E-state index contributed by atoms with van der Waals surface area (Å²) in [5.74, 6) is -0.0747. The van der Waals surface area contributed by atoms with Gasteiger partial charge in [-0.05, 0) is 23.1 Å². The van der Waals surface area contributed by atoms with Crippen LogP contribution in [0, 0.1) is 5.41 Å². The number of ether oxygens (including phenoxy) is 1. The van der Waals surface area contributed by atoms with Crippen molar-refractivity contribution in [1.29, 1.82) is 0 Å². The monoisotopic (exact) mass is 325 g/mol. The summed E-state index contributed by atoms with van der Waals surface area (Å²) in [6.45, 7) is 6.89. The molecular formula is C21H27NO2. The zero-order chi connectivity index (χ0) is 17.6. The first-order valence-corrected chi connectivity index (χ1v) is 8.30. The van der Waals surface area contributed by atoms with Crippen molar-refractivity contribution in [2.45, 2.75) is 32.8 Å². The Morgan fingerprint density at radius 2 is 1.50 bits per heavy atom. The van der Waals surface area contributed by atoms with Gasteiger partial charge >= 0.3 is 0 Å². The maximum absolute atomic E-state index is 12.4. The number of carbonyl (C=O) groups is 1. The van der Waals surface area contributed by atoms with E-state index in [0.717, 1.165) is 6.42 Å². The van der Waals surface area contributed by atoms with Gasteiger partial charge in [-0.25, -0.2) is 0 Å². The number of rotatable bonds is 6. The van der Waals surface area contributed by atoms with E-state index in [4.69, 9.17) is 4.74 Å². The van der Waals surface area contributed by atoms with Gasteiger partial charge in [-0.15, -0.1) is 0 Å². The third-order valence-electron chi connectivity index (χ3n) is 4.66. The van der Waals surface area contributed by atoms with E-state index in [1.165, 1.54) is 5.56 Å². The first-order valence-electron chi connectivity index (χ1n) is 8.30. The lowest BCUT2D eigenvalue weighted by atomic mass is 9.72. The van der Waals surface area contributed by atoms with Gasteiger partial charge in [0, 0.05) is 25.6 Å². The SMILES string of the molecule is COC(CNC(=O)c1ccccc1)(Cc1ccccc1)C(C)(C)C. The zero-order valence-corrected chi connectivity index (χ0v) is 15.0. The predicted molar refractivity (Wildman–Crippen MR) is 98.1 cm³/mol. The molecule has 0 aliphatic rings. The Balaban J connectivity index is 2.19. The molecule has 0 saturated heterocycles. The molecule has 0 aliphatic carbocycles. The van der Waals surface area contributed by atoms with Gasteiger partial charge in [0.25, 0.3) is 5.91 Å². The number of nitrogens with one attached hydrogen (secondary N) is 1. The van der Waals surface area contributed by atoms with E-state index >= 15 is 0 Å². The molecule has 24 heavy (non-hydrogen) atoms. The molecule has 3 nitrogen and oxygen atoms in total. The third kappa shape index (κ3) is 4.24. The first-order chi connectivity index (χ1) is 11.4. The minimum Gasteiger partial charge on any atom is -0.376 e. The number of hydrogen-bond donors (Lipinski definition) is 1. The molecule has 1 atom stereocenters. The van der Waals surface area contributed by atoms with Crippen LogP contribution in [-0.4, -0.2) is 25.2 Å². The van der Waals surface area contributed by atoms with E-state index in [2.05, 4.69) is 38.2 Å². The summed E-state index contributed by atoms with van der Waals surface area (Å²) in [5.41, 5.74) is 1.24. The summed E-state index contributed by atoms with van der Waals surface area (Å²) < 4.78 is 5.98. The van der Waals surface area contributed by atoms with Crippen molar-refractivity contribution >= 4 is 5.91 Å². The molecule has 2 aromatic rings. The fraction of sp³-hybridized carbons (Fsp3) is 0.381. The average molecular weight is 325 g/mol. The summed E-state index contributed by atoms with van der Waals surface area (Å²) in [4.78, 5) is 12.4. The number of benzene rings is 2. The van der Waals surface area contributed by atoms with Crippen molar-refractivity contribution in [3.05, 3.63) is 71.8 Å². The first kappa shape index (κ1) is 18.2. The Labute approximate surface area is 145 Å². The molecule has 0 fully saturated rings. The Morgan fingerprint density at radius 1 is 0.958 bits per heavy atom. The minimum absolute atomic E-state index is 0.0747. The van der Waals surface area contributed by atoms with Gasteiger partial charge < -0.3 is 10.1 Å². The summed E-state index contributed by atoms with van der Waals surface area (Å²) in [6, 6.07) is 19.5. The molecule has 2 rings (SSSR count). The van der Waals surface area contributed by atoms with Crippen molar-refractivity contribution in [2.24, 2.45) is 5.41 Å². The lowest BCUT2D eigenvalue weighted by molar-refractivity contribution is -0.0880. The lowest BCUT2D eigenvalue weighted by Crippen LogP contribution is -2.54. The molecule has 0 spiro atoms. The van der Waals surface area contributed by atoms with Crippen LogP contribution >= 0.6 is 0 Å². The summed E-state index contributed by atoms with van der Waals surface area (Å²) in [6.07, 6.45) is 0.739. The minimum atomic E-state index is -0.487. The van der Waals surface area contributed by atoms with E-state index in [9.17, 15) is 4.79 Å². The molecule has 2 aromatic carbocycles. The van der Waals surface area contributed by atoms with E-state index in [0.29, 0.717) is 12.1 Å². The van der Waals surface area contributed by atoms with Crippen molar-refractivity contribution in [3.63, 3.8) is 0 Å². The molecule has 0 bridgehead atoms. The van der Waals surface area contributed by atoms with Crippen molar-refractivity contribution in [2.75, 3.05) is 13.7 Å². The van der Waals surface area contributed by atoms with Crippen LogP contribution in [0.4, 0.5) is 0 Å². The van der Waals surface area contributed by atoms with Gasteiger partial charge in [0.1, 0.15) is 0 Å². The van der Waals surface area contributed by atoms with Crippen LogP contribution < -0.4 is 5.32 Å². The van der Waals surface area contributed by atoms with Gasteiger partial charge in [0.15, 0.2) is 0 Å². The van der Waals surface area contributed by atoms with E-state index < -0.39 is 5.60 Å². The standard InChI is InChI=1S/C21H27NO2/c1-20(2,3)21(24-4,15-17-11-7-5-8-12-17)16-22-19(23)18-13-9-6-10-14-18/h5-14H,15-16H2,1-4H3,(H,22,23). The number of methoxy groups -OCH3 is 1. The predicted octanol–water partition coefficient (Wildman–Crippen LogP) is 4.09. The molecule has 0 aromatic heterocycles. The van der Waals surface area contributed by atoms with Crippen LogP contribution in [0.5, 0.6) is 0 Å². The topological polar surface area (TPSA) is 38.3 Å². The van der Waals surface area contributed by atoms with Crippen LogP contribution in [0.1, 0.15) is 36.7 Å². The Morgan fingerprint density at radius 3 is 2.00 bits per heavy atom. The second-order valence-corrected chi connectivity index (χ2v) is 7.16. The van der Waals surface area contributed by atoms with Crippen LogP contribution in [-0.2, 0) is 11.2 Å². The fourth-order valence-electron chi connectivity index (χ4n) is 2.88. The molecule has 1 N–H and O–H groups in total. The highest BCUT2D eigenvalue weighted by atomic mass is 16.5. The van der Waals surface area contributed by atoms with E-state index in [-0.39, 0.29) is 11.3 Å². The van der Waals surface area contributed by atoms with Gasteiger partial charge in [0.05, 0.1) is 5.60 Å². The van der Waals surface area contributed by atoms with Gasteiger partial charge in [-0.3, -0.25) is 4.79 Å². The zero-order valence-electron chi connectivity index (χ0n) is 15.0. The van der Waals surface area contributed by atoms with Crippen molar-refractivity contribution in [3.8, 4) is 0 Å². The van der Waals surface area contributed by atoms with Crippen LogP contribution in [0.3, 0.4) is 0 Å². The molecule has 128 valence electrons. The highest BCUT2D eigenvalue weighted by molar-refractivity contribution is 5.94. The van der Waals surface area contributed by atoms with Gasteiger partial charge in [0.2, 0.25) is 0 Å². The quantitative estimate of drug-likeness (QED) is 0.868. The van der Waals surface area contributed by atoms with E-state index in [1.54, 1.807) is 7.11 Å². The summed E-state index contributed by atoms with van der Waals surface area (Å²) >= 11 is 0. The Kier molecular flexibility index (Phi) is 5.79. The highest BCUT2D eigenvalue weighted by Gasteiger charge is 2.42. The molecule has 1 unspecified atom stereocenters. The summed E-state index contributed by atoms with van der Waals surface area (Å²) in [7, 11) is 1.73. The molecule has 0 radical (unpaired) electrons. The number of hydrogen-bond acceptors (Lipinski definition) is 2. The Hall–Kier alpha value is -2.13. The smallest absolute Gasteiger partial charge is 0.251 e. The Bertz CT molecular complexity index is 647. The highest BCUT2D eigenvalue weighted by Crippen LogP contribution is 2.36. The van der Waals surface area contributed by atoms with Gasteiger partial charge in [-0.1, -0.05) is 69.3 Å². The number of carbonyl (C=O) groups excluding carboxylic acids is 1. The second kappa shape index (κ2) is 7.63. The summed E-state index contributed by atoms with van der Waals surface area (Å²) in [5, 5.41) is 3.05. The van der Waals surface area contributed by atoms with Crippen LogP contribution in [0.25, 0.3) is 0 Å². The fourth-order valence-corrected chi connectivity index (χ4v) is 2.88. The van der Waals surface area contributed by atoms with Crippen molar-refractivity contribution < 1.29 is 9.53 Å². The molecule has 1 amide bonds. The average Bonchev–Trinajstić information content (AvgIpc) is 2.59. The largest absolute Gasteiger partial charge is 0.376 e. The molecule has 0 aliphatic heterocycles. The molecular weight excluding hydrogens is 298 g/mol. The van der Waals surface area contributed by atoms with Crippen molar-refractivity contribution in [1.82, 2.24) is 5.32 Å². The third-order valence-corrected chi connectivity index (χ3v) is 4.66. The molecule has 0 saturated carbocycles.